The number of carbonyl (C=O) groups excluding carboxylic acids is 2. The smallest absolute Gasteiger partial charge is 0.391 e. The fourth-order valence-corrected chi connectivity index (χ4v) is 5.19. The first-order valence-corrected chi connectivity index (χ1v) is 12.6. The van der Waals surface area contributed by atoms with Crippen LogP contribution in [-0.2, 0) is 0 Å². The molecule has 1 aliphatic heterocycles. The summed E-state index contributed by atoms with van der Waals surface area (Å²) in [5.41, 5.74) is -1.04. The van der Waals surface area contributed by atoms with Gasteiger partial charge in [0, 0.05) is 29.9 Å². The Morgan fingerprint density at radius 3 is 2.57 bits per heavy atom. The lowest BCUT2D eigenvalue weighted by Crippen LogP contribution is -2.35. The Morgan fingerprint density at radius 1 is 1.32 bits per heavy atom. The summed E-state index contributed by atoms with van der Waals surface area (Å²) in [4.78, 5) is 35.7. The van der Waals surface area contributed by atoms with Crippen LogP contribution in [-0.4, -0.2) is 68.7 Å². The van der Waals surface area contributed by atoms with E-state index >= 15 is 0 Å². The zero-order valence-electron chi connectivity index (χ0n) is 20.0. The summed E-state index contributed by atoms with van der Waals surface area (Å²) in [6, 6.07) is -1.74. The van der Waals surface area contributed by atoms with Gasteiger partial charge in [-0.25, -0.2) is 18.7 Å². The first-order valence-electron chi connectivity index (χ1n) is 11.8. The second-order valence-electron chi connectivity index (χ2n) is 9.17. The van der Waals surface area contributed by atoms with Gasteiger partial charge in [0.1, 0.15) is 17.6 Å². The third-order valence-electron chi connectivity index (χ3n) is 6.45. The van der Waals surface area contributed by atoms with Crippen LogP contribution in [0.1, 0.15) is 71.8 Å². The lowest BCUT2D eigenvalue weighted by Gasteiger charge is -2.22. The van der Waals surface area contributed by atoms with Crippen molar-refractivity contribution in [1.82, 2.24) is 20.2 Å². The molecule has 4 atom stereocenters. The number of alkyl halides is 5. The van der Waals surface area contributed by atoms with Crippen molar-refractivity contribution in [3.8, 4) is 10.4 Å². The maximum Gasteiger partial charge on any atom is 0.408 e. The van der Waals surface area contributed by atoms with Gasteiger partial charge < -0.3 is 20.6 Å². The molecule has 14 heteroatoms. The summed E-state index contributed by atoms with van der Waals surface area (Å²) in [6.07, 6.45) is -5.91. The van der Waals surface area contributed by atoms with E-state index in [1.807, 2.05) is 6.92 Å². The fraction of sp³-hybridized carbons (Fsp3) is 0.565. The Kier molecular flexibility index (Phi) is 7.70. The van der Waals surface area contributed by atoms with Crippen LogP contribution in [0.4, 0.5) is 27.8 Å². The van der Waals surface area contributed by atoms with Gasteiger partial charge in [-0.2, -0.15) is 13.2 Å². The Balaban J connectivity index is 1.75. The van der Waals surface area contributed by atoms with Gasteiger partial charge in [-0.3, -0.25) is 9.59 Å². The number of thiazole rings is 1. The maximum absolute atomic E-state index is 14.1. The molecule has 37 heavy (non-hydrogen) atoms. The molecule has 0 spiro atoms. The van der Waals surface area contributed by atoms with Crippen molar-refractivity contribution in [3.05, 3.63) is 28.5 Å². The largest absolute Gasteiger partial charge is 0.408 e. The van der Waals surface area contributed by atoms with Crippen molar-refractivity contribution in [2.75, 3.05) is 11.9 Å². The van der Waals surface area contributed by atoms with Crippen molar-refractivity contribution < 1.29 is 36.6 Å². The molecule has 3 N–H and O–H groups in total. The zero-order valence-corrected chi connectivity index (χ0v) is 20.8. The standard InChI is InChI=1S/C23H26F5N5O3S/c1-3-15(23(26,27)28)31-16-7-11(19(24)25)12(9-29-16)18-17(22(36)33-6-4-5-10(33)2)32-21(37-18)20(35)30-13-8-14(13)34/h7,9-10,13-15,19,34H,3-6,8H2,1-2H3,(H,29,31)(H,30,35)/t10-,13+,14-,15?/m0/s1. The minimum absolute atomic E-state index is 0.0252. The van der Waals surface area contributed by atoms with Gasteiger partial charge in [0.25, 0.3) is 18.2 Å². The molecule has 2 aromatic heterocycles. The highest BCUT2D eigenvalue weighted by Gasteiger charge is 2.40. The number of pyridine rings is 1. The highest BCUT2D eigenvalue weighted by molar-refractivity contribution is 7.17. The van der Waals surface area contributed by atoms with E-state index in [1.54, 1.807) is 4.90 Å². The third-order valence-corrected chi connectivity index (χ3v) is 7.54. The van der Waals surface area contributed by atoms with Gasteiger partial charge in [-0.15, -0.1) is 11.3 Å². The molecule has 3 heterocycles. The molecule has 0 bridgehead atoms. The molecule has 1 aliphatic carbocycles. The van der Waals surface area contributed by atoms with E-state index in [2.05, 4.69) is 20.6 Å². The number of halogens is 5. The molecule has 2 aliphatic rings. The normalized spacial score (nSPS) is 22.3. The van der Waals surface area contributed by atoms with Crippen molar-refractivity contribution in [2.24, 2.45) is 0 Å². The molecule has 1 saturated carbocycles. The van der Waals surface area contributed by atoms with Crippen LogP contribution in [0.5, 0.6) is 0 Å². The Labute approximate surface area is 213 Å². The van der Waals surface area contributed by atoms with Crippen LogP contribution in [0.15, 0.2) is 12.3 Å². The Morgan fingerprint density at radius 2 is 2.03 bits per heavy atom. The van der Waals surface area contributed by atoms with Crippen LogP contribution >= 0.6 is 11.3 Å². The molecule has 1 saturated heterocycles. The number of anilines is 1. The number of hydrogen-bond acceptors (Lipinski definition) is 7. The fourth-order valence-electron chi connectivity index (χ4n) is 4.20. The second kappa shape index (κ2) is 10.5. The number of carbonyl (C=O) groups is 2. The number of likely N-dealkylation sites (tertiary alicyclic amines) is 1. The Hall–Kier alpha value is -2.87. The van der Waals surface area contributed by atoms with Crippen LogP contribution in [0.2, 0.25) is 0 Å². The summed E-state index contributed by atoms with van der Waals surface area (Å²) >= 11 is 0.714. The first-order chi connectivity index (χ1) is 17.4. The monoisotopic (exact) mass is 547 g/mol. The summed E-state index contributed by atoms with van der Waals surface area (Å²) < 4.78 is 67.8. The molecule has 202 valence electrons. The molecule has 8 nitrogen and oxygen atoms in total. The van der Waals surface area contributed by atoms with Crippen molar-refractivity contribution in [1.29, 1.82) is 0 Å². The lowest BCUT2D eigenvalue weighted by atomic mass is 10.1. The molecule has 2 aromatic rings. The predicted octanol–water partition coefficient (Wildman–Crippen LogP) is 4.38. The van der Waals surface area contributed by atoms with Gasteiger partial charge in [-0.1, -0.05) is 6.92 Å². The number of hydrogen-bond donors (Lipinski definition) is 3. The van der Waals surface area contributed by atoms with Gasteiger partial charge in [0.05, 0.1) is 17.0 Å². The average molecular weight is 548 g/mol. The van der Waals surface area contributed by atoms with Crippen LogP contribution in [0, 0.1) is 0 Å². The van der Waals surface area contributed by atoms with Crippen molar-refractivity contribution in [2.45, 2.75) is 76.4 Å². The van der Waals surface area contributed by atoms with Crippen molar-refractivity contribution in [3.63, 3.8) is 0 Å². The molecular formula is C23H26F5N5O3S. The highest BCUT2D eigenvalue weighted by atomic mass is 32.1. The molecule has 2 amide bonds. The summed E-state index contributed by atoms with van der Waals surface area (Å²) in [5.74, 6) is -1.59. The van der Waals surface area contributed by atoms with Gasteiger partial charge in [0.2, 0.25) is 0 Å². The molecule has 0 radical (unpaired) electrons. The summed E-state index contributed by atoms with van der Waals surface area (Å²) in [5, 5.41) is 14.1. The number of nitrogens with one attached hydrogen (secondary N) is 2. The second-order valence-corrected chi connectivity index (χ2v) is 10.2. The van der Waals surface area contributed by atoms with E-state index in [1.165, 1.54) is 6.92 Å². The number of aromatic nitrogens is 2. The topological polar surface area (TPSA) is 107 Å². The van der Waals surface area contributed by atoms with E-state index in [0.29, 0.717) is 24.3 Å². The van der Waals surface area contributed by atoms with E-state index in [4.69, 9.17) is 0 Å². The predicted molar refractivity (Wildman–Crippen MR) is 126 cm³/mol. The van der Waals surface area contributed by atoms with Gasteiger partial charge in [-0.05, 0) is 38.7 Å². The van der Waals surface area contributed by atoms with Crippen LogP contribution < -0.4 is 10.6 Å². The maximum atomic E-state index is 14.1. The molecular weight excluding hydrogens is 521 g/mol. The quantitative estimate of drug-likeness (QED) is 0.424. The third kappa shape index (κ3) is 5.84. The summed E-state index contributed by atoms with van der Waals surface area (Å²) in [7, 11) is 0. The van der Waals surface area contributed by atoms with Gasteiger partial charge >= 0.3 is 6.18 Å². The molecule has 0 aromatic carbocycles. The highest BCUT2D eigenvalue weighted by Crippen LogP contribution is 2.39. The van der Waals surface area contributed by atoms with E-state index in [9.17, 15) is 36.6 Å². The summed E-state index contributed by atoms with van der Waals surface area (Å²) in [6.45, 7) is 3.58. The minimum atomic E-state index is -4.61. The number of aliphatic hydroxyl groups excluding tert-OH is 1. The number of rotatable bonds is 8. The number of nitrogens with zero attached hydrogens (tertiary/aromatic N) is 3. The average Bonchev–Trinajstić information content (AvgIpc) is 3.20. The van der Waals surface area contributed by atoms with E-state index in [0.717, 1.165) is 25.1 Å². The number of aliphatic hydroxyl groups is 1. The van der Waals surface area contributed by atoms with Crippen molar-refractivity contribution >= 4 is 29.0 Å². The van der Waals surface area contributed by atoms with Crippen LogP contribution in [0.3, 0.4) is 0 Å². The molecule has 4 rings (SSSR count). The van der Waals surface area contributed by atoms with E-state index in [-0.39, 0.29) is 33.6 Å². The number of amides is 2. The SMILES string of the molecule is CCC(Nc1cc(C(F)F)c(-c2sc(C(=O)N[C@@H]3C[C@@H]3O)nc2C(=O)N2CCC[C@@H]2C)cn1)C(F)(F)F. The molecule has 1 unspecified atom stereocenters. The van der Waals surface area contributed by atoms with E-state index < -0.39 is 54.0 Å². The zero-order chi connectivity index (χ0) is 27.1. The van der Waals surface area contributed by atoms with Crippen LogP contribution in [0.25, 0.3) is 10.4 Å². The first kappa shape index (κ1) is 27.2. The van der Waals surface area contributed by atoms with Gasteiger partial charge in [0.15, 0.2) is 5.01 Å². The molecule has 2 fully saturated rings. The lowest BCUT2D eigenvalue weighted by molar-refractivity contribution is -0.142. The Bertz CT molecular complexity index is 1170. The minimum Gasteiger partial charge on any atom is -0.391 e.